The van der Waals surface area contributed by atoms with E-state index in [2.05, 4.69) is 341 Å². The topological polar surface area (TPSA) is 25.4 Å². The molecule has 0 aliphatic carbocycles. The molecule has 0 radical (unpaired) electrons. The fraction of sp³-hybridized carbons (Fsp3) is 0.100. The molecule has 12 aromatic rings. The highest BCUT2D eigenvalue weighted by Crippen LogP contribution is 2.56. The number of hydrogen-bond donors (Lipinski definition) is 0. The molecule has 0 saturated carbocycles. The molecule has 0 fully saturated rings. The van der Waals surface area contributed by atoms with E-state index < -0.39 is 8.07 Å². The molecule has 3 aliphatic rings. The van der Waals surface area contributed by atoms with Gasteiger partial charge in [0.05, 0.1) is 39.8 Å². The third kappa shape index (κ3) is 8.99. The number of aryl methyl sites for hydroxylation is 8. The molecule has 0 amide bonds. The fourth-order valence-corrected chi connectivity index (χ4v) is 19.1. The summed E-state index contributed by atoms with van der Waals surface area (Å²) < 4.78 is 8.02. The van der Waals surface area contributed by atoms with Gasteiger partial charge in [-0.3, -0.25) is 0 Å². The number of ether oxygens (including phenoxy) is 1. The molecule has 12 aromatic carbocycles. The van der Waals surface area contributed by atoms with Crippen LogP contribution in [0.2, 0.25) is 0 Å². The van der Waals surface area contributed by atoms with Crippen LogP contribution in [0.3, 0.4) is 0 Å². The zero-order chi connectivity index (χ0) is 59.2. The molecule has 87 heavy (non-hydrogen) atoms. The molecule has 0 bridgehead atoms. The van der Waals surface area contributed by atoms with Gasteiger partial charge in [0.1, 0.15) is 11.5 Å². The summed E-state index contributed by atoms with van der Waals surface area (Å²) >= 11 is 0. The second kappa shape index (κ2) is 21.0. The lowest BCUT2D eigenvalue weighted by Crippen LogP contribution is -2.80. The maximum absolute atomic E-state index is 8.02. The summed E-state index contributed by atoms with van der Waals surface area (Å²) in [5.41, 5.74) is 25.5. The minimum Gasteiger partial charge on any atom is -0.457 e. The van der Waals surface area contributed by atoms with Crippen LogP contribution < -0.4 is 50.0 Å². The number of anilines is 15. The van der Waals surface area contributed by atoms with Gasteiger partial charge < -0.3 is 29.2 Å². The van der Waals surface area contributed by atoms with Crippen molar-refractivity contribution in [1.29, 1.82) is 0 Å². The normalized spacial score (nSPS) is 13.0. The van der Waals surface area contributed by atoms with Crippen LogP contribution in [0.4, 0.5) is 85.3 Å². The summed E-state index contributed by atoms with van der Waals surface area (Å²) in [7, 11) is -3.56. The van der Waals surface area contributed by atoms with Crippen LogP contribution in [-0.4, -0.2) is 8.07 Å². The van der Waals surface area contributed by atoms with Crippen LogP contribution in [0.15, 0.2) is 261 Å². The molecule has 0 N–H and O–H groups in total. The average molecular weight is 1140 g/mol. The number of rotatable bonds is 12. The van der Waals surface area contributed by atoms with E-state index in [1.54, 1.807) is 0 Å². The Labute approximate surface area is 512 Å². The second-order valence-corrected chi connectivity index (χ2v) is 27.7. The third-order valence-corrected chi connectivity index (χ3v) is 22.8. The Morgan fingerprint density at radius 2 is 0.494 bits per heavy atom. The van der Waals surface area contributed by atoms with Crippen LogP contribution in [0.5, 0.6) is 11.5 Å². The Morgan fingerprint density at radius 1 is 0.253 bits per heavy atom. The lowest BCUT2D eigenvalue weighted by Gasteiger charge is -2.53. The smallest absolute Gasteiger partial charge is 0.198 e. The quantitative estimate of drug-likeness (QED) is 0.113. The summed E-state index contributed by atoms with van der Waals surface area (Å²) in [5, 5.41) is 5.04. The minimum absolute atomic E-state index is 0.845. The predicted molar refractivity (Wildman–Crippen MR) is 369 cm³/mol. The third-order valence-electron chi connectivity index (χ3n) is 17.8. The Balaban J connectivity index is 1.14. The highest BCUT2D eigenvalue weighted by Gasteiger charge is 2.60. The maximum Gasteiger partial charge on any atom is 0.198 e. The number of hydrogen-bond acceptors (Lipinski definition) is 6. The van der Waals surface area contributed by atoms with Gasteiger partial charge >= 0.3 is 0 Å². The van der Waals surface area contributed by atoms with Crippen molar-refractivity contribution in [2.45, 2.75) is 55.4 Å². The first-order valence-corrected chi connectivity index (χ1v) is 32.2. The summed E-state index contributed by atoms with van der Waals surface area (Å²) in [4.78, 5) is 12.4. The summed E-state index contributed by atoms with van der Waals surface area (Å²) in [6.45, 7) is 17.3. The predicted octanol–water partition coefficient (Wildman–Crippen LogP) is 19.6. The van der Waals surface area contributed by atoms with Crippen LogP contribution in [-0.2, 0) is 0 Å². The molecule has 0 atom stereocenters. The van der Waals surface area contributed by atoms with Gasteiger partial charge in [-0.25, -0.2) is 0 Å². The molecule has 0 saturated heterocycles. The maximum atomic E-state index is 8.02. The highest BCUT2D eigenvalue weighted by molar-refractivity contribution is 7.24. The van der Waals surface area contributed by atoms with Crippen molar-refractivity contribution < 1.29 is 4.74 Å². The standard InChI is InChI=1S/C80H67N5OSi/c1-52-14-30-60(31-15-52)81(61-32-16-53(2)17-33-61)68-46-72-78-73(47-68)85(67-44-28-59(8)29-45-67)75-49-70(83(64-38-22-56(5)23-39-64)65-40-24-57(6)25-41-65)51-77-80(75)87(78,71-12-10-9-11-13-71)79-74(84(72)66-42-26-58(7)27-43-66)48-69(50-76(79)86-77)82(62-34-18-54(3)19-35-62)63-36-20-55(4)21-37-63/h9-51H,1-8H3. The van der Waals surface area contributed by atoms with Gasteiger partial charge in [0.25, 0.3) is 0 Å². The van der Waals surface area contributed by atoms with E-state index in [1.165, 1.54) is 65.3 Å². The lowest BCUT2D eigenvalue weighted by atomic mass is 10.0. The SMILES string of the molecule is Cc1ccc(N(c2ccc(C)cc2)c2cc3c4c(c2)N(c2ccc(C)cc2)c2cc(N(c5ccc(C)cc5)c5ccc(C)cc5)cc5c2[Si]4(c2ccccc2)c2c(cc(N(c4ccc(C)cc4)c4ccc(C)cc4)cc2N5c2ccc(C)cc2)O3)cc1. The van der Waals surface area contributed by atoms with E-state index in [0.717, 1.165) is 96.8 Å². The molecule has 7 heteroatoms. The number of benzene rings is 12. The van der Waals surface area contributed by atoms with Crippen LogP contribution in [0.1, 0.15) is 44.5 Å². The minimum atomic E-state index is -3.56. The Bertz CT molecular complexity index is 4230. The molecule has 3 aliphatic heterocycles. The van der Waals surface area contributed by atoms with Gasteiger partial charge in [0.2, 0.25) is 0 Å². The first kappa shape index (κ1) is 53.4. The van der Waals surface area contributed by atoms with Gasteiger partial charge in [-0.1, -0.05) is 172 Å². The Hall–Kier alpha value is -10.3. The van der Waals surface area contributed by atoms with Crippen molar-refractivity contribution in [1.82, 2.24) is 0 Å². The average Bonchev–Trinajstić information content (AvgIpc) is 0.658. The highest BCUT2D eigenvalue weighted by atomic mass is 28.3. The summed E-state index contributed by atoms with van der Waals surface area (Å²) in [5.74, 6) is 1.69. The van der Waals surface area contributed by atoms with E-state index in [-0.39, 0.29) is 0 Å². The van der Waals surface area contributed by atoms with Crippen molar-refractivity contribution in [2.24, 2.45) is 0 Å². The van der Waals surface area contributed by atoms with Gasteiger partial charge in [0, 0.05) is 73.2 Å². The van der Waals surface area contributed by atoms with Crippen molar-refractivity contribution in [3.05, 3.63) is 305 Å². The molecule has 0 spiro atoms. The molecular formula is C80H67N5OSi. The van der Waals surface area contributed by atoms with Gasteiger partial charge in [-0.2, -0.15) is 0 Å². The van der Waals surface area contributed by atoms with Crippen molar-refractivity contribution in [2.75, 3.05) is 24.5 Å². The van der Waals surface area contributed by atoms with E-state index >= 15 is 0 Å². The van der Waals surface area contributed by atoms with E-state index in [4.69, 9.17) is 4.74 Å². The van der Waals surface area contributed by atoms with Crippen LogP contribution in [0, 0.1) is 55.4 Å². The second-order valence-electron chi connectivity index (χ2n) is 24.1. The Morgan fingerprint density at radius 3 is 0.770 bits per heavy atom. The molecule has 6 nitrogen and oxygen atoms in total. The first-order valence-electron chi connectivity index (χ1n) is 30.2. The zero-order valence-corrected chi connectivity index (χ0v) is 51.5. The molecule has 0 aromatic heterocycles. The van der Waals surface area contributed by atoms with Gasteiger partial charge in [-0.05, 0) is 182 Å². The fourth-order valence-electron chi connectivity index (χ4n) is 13.5. The monoisotopic (exact) mass is 1140 g/mol. The summed E-state index contributed by atoms with van der Waals surface area (Å²) in [6, 6.07) is 98.1. The zero-order valence-electron chi connectivity index (χ0n) is 50.5. The van der Waals surface area contributed by atoms with Crippen LogP contribution in [0.25, 0.3) is 0 Å². The lowest BCUT2D eigenvalue weighted by molar-refractivity contribution is 0.487. The van der Waals surface area contributed by atoms with Gasteiger partial charge in [-0.15, -0.1) is 0 Å². The molecule has 3 heterocycles. The molecule has 422 valence electrons. The van der Waals surface area contributed by atoms with E-state index in [1.807, 2.05) is 0 Å². The van der Waals surface area contributed by atoms with Crippen molar-refractivity contribution in [3.63, 3.8) is 0 Å². The van der Waals surface area contributed by atoms with E-state index in [0.29, 0.717) is 0 Å². The van der Waals surface area contributed by atoms with Gasteiger partial charge in [0.15, 0.2) is 8.07 Å². The van der Waals surface area contributed by atoms with Crippen molar-refractivity contribution >= 4 is 114 Å². The first-order chi connectivity index (χ1) is 42.4. The largest absolute Gasteiger partial charge is 0.457 e. The molecule has 15 rings (SSSR count). The van der Waals surface area contributed by atoms with Crippen molar-refractivity contribution in [3.8, 4) is 11.5 Å². The van der Waals surface area contributed by atoms with Crippen LogP contribution >= 0.6 is 0 Å². The number of nitrogens with zero attached hydrogens (tertiary/aromatic N) is 5. The van der Waals surface area contributed by atoms with E-state index in [9.17, 15) is 0 Å². The summed E-state index contributed by atoms with van der Waals surface area (Å²) in [6.07, 6.45) is 0. The molecular weight excluding hydrogens is 1070 g/mol. The Kier molecular flexibility index (Phi) is 12.9. The molecule has 0 unspecified atom stereocenters.